The van der Waals surface area contributed by atoms with Crippen LogP contribution in [0.15, 0.2) is 51.6 Å². The third-order valence-electron chi connectivity index (χ3n) is 5.05. The number of ether oxygens (including phenoxy) is 1. The standard InChI is InChI=1S/C21H23N3O3S/c1-12-5-4-6-14(9-12)19-18(20(26)27-3)13(2)22-21-24(19)16(11-28-21)10-17(25)23-15-7-8-15/h4-6,9,11,15,19H,7-8,10H2,1-3H3,(H,23,25). The summed E-state index contributed by atoms with van der Waals surface area (Å²) in [7, 11) is 1.38. The Labute approximate surface area is 168 Å². The number of thioether (sulfide) groups is 1. The van der Waals surface area contributed by atoms with Gasteiger partial charge in [0.05, 0.1) is 30.8 Å². The number of allylic oxidation sites excluding steroid dienone is 1. The van der Waals surface area contributed by atoms with Crippen molar-refractivity contribution in [1.82, 2.24) is 10.2 Å². The summed E-state index contributed by atoms with van der Waals surface area (Å²) in [5, 5.41) is 5.78. The Hall–Kier alpha value is -2.54. The van der Waals surface area contributed by atoms with Crippen LogP contribution in [0.25, 0.3) is 0 Å². The number of hydrogen-bond acceptors (Lipinski definition) is 6. The molecule has 0 bridgehead atoms. The van der Waals surface area contributed by atoms with Crippen LogP contribution in [0, 0.1) is 6.92 Å². The number of esters is 1. The van der Waals surface area contributed by atoms with Gasteiger partial charge in [-0.3, -0.25) is 4.79 Å². The molecule has 1 N–H and O–H groups in total. The van der Waals surface area contributed by atoms with Gasteiger partial charge in [0.2, 0.25) is 5.91 Å². The predicted molar refractivity (Wildman–Crippen MR) is 109 cm³/mol. The first-order chi connectivity index (χ1) is 13.5. The van der Waals surface area contributed by atoms with Crippen molar-refractivity contribution in [2.45, 2.75) is 45.2 Å². The first-order valence-corrected chi connectivity index (χ1v) is 10.2. The number of aryl methyl sites for hydroxylation is 1. The van der Waals surface area contributed by atoms with Gasteiger partial charge in [-0.25, -0.2) is 9.79 Å². The molecule has 1 fully saturated rings. The molecule has 2 heterocycles. The van der Waals surface area contributed by atoms with Gasteiger partial charge in [-0.15, -0.1) is 0 Å². The number of carbonyl (C=O) groups is 2. The zero-order chi connectivity index (χ0) is 19.8. The average molecular weight is 398 g/mol. The van der Waals surface area contributed by atoms with E-state index in [2.05, 4.69) is 16.4 Å². The van der Waals surface area contributed by atoms with Gasteiger partial charge in [0, 0.05) is 11.7 Å². The molecule has 1 saturated carbocycles. The minimum atomic E-state index is -0.398. The van der Waals surface area contributed by atoms with Gasteiger partial charge < -0.3 is 15.0 Å². The number of nitrogens with zero attached hydrogens (tertiary/aromatic N) is 2. The Morgan fingerprint density at radius 1 is 1.32 bits per heavy atom. The summed E-state index contributed by atoms with van der Waals surface area (Å²) in [5.74, 6) is -0.394. The number of methoxy groups -OCH3 is 1. The van der Waals surface area contributed by atoms with Crippen molar-refractivity contribution in [3.63, 3.8) is 0 Å². The summed E-state index contributed by atoms with van der Waals surface area (Å²) in [5.41, 5.74) is 4.08. The van der Waals surface area contributed by atoms with Crippen molar-refractivity contribution in [1.29, 1.82) is 0 Å². The molecule has 2 aliphatic heterocycles. The second kappa shape index (κ2) is 7.47. The number of amidine groups is 1. The van der Waals surface area contributed by atoms with Gasteiger partial charge in [0.1, 0.15) is 0 Å². The fourth-order valence-electron chi connectivity index (χ4n) is 3.57. The third kappa shape index (κ3) is 3.58. The number of carbonyl (C=O) groups excluding carboxylic acids is 2. The molecular weight excluding hydrogens is 374 g/mol. The molecule has 1 aliphatic carbocycles. The van der Waals surface area contributed by atoms with Gasteiger partial charge in [0.25, 0.3) is 0 Å². The molecule has 1 unspecified atom stereocenters. The fourth-order valence-corrected chi connectivity index (χ4v) is 4.53. The molecule has 6 nitrogen and oxygen atoms in total. The molecule has 146 valence electrons. The maximum atomic E-state index is 12.6. The van der Waals surface area contributed by atoms with Gasteiger partial charge in [-0.05, 0) is 37.7 Å². The quantitative estimate of drug-likeness (QED) is 0.771. The molecular formula is C21H23N3O3S. The number of hydrogen-bond donors (Lipinski definition) is 1. The van der Waals surface area contributed by atoms with E-state index >= 15 is 0 Å². The van der Waals surface area contributed by atoms with Crippen LogP contribution in [0.3, 0.4) is 0 Å². The first kappa shape index (κ1) is 18.8. The monoisotopic (exact) mass is 397 g/mol. The number of nitrogens with one attached hydrogen (secondary N) is 1. The summed E-state index contributed by atoms with van der Waals surface area (Å²) < 4.78 is 5.07. The number of fused-ring (bicyclic) bond motifs is 1. The second-order valence-electron chi connectivity index (χ2n) is 7.32. The molecule has 1 aromatic carbocycles. The summed E-state index contributed by atoms with van der Waals surface area (Å²) in [6, 6.07) is 8.02. The predicted octanol–water partition coefficient (Wildman–Crippen LogP) is 3.41. The highest BCUT2D eigenvalue weighted by Gasteiger charge is 2.41. The van der Waals surface area contributed by atoms with Gasteiger partial charge in [-0.1, -0.05) is 41.6 Å². The number of rotatable bonds is 5. The number of aliphatic imine (C=N–C) groups is 1. The van der Waals surface area contributed by atoms with Crippen LogP contribution in [-0.2, 0) is 14.3 Å². The van der Waals surface area contributed by atoms with Crippen molar-refractivity contribution < 1.29 is 14.3 Å². The van der Waals surface area contributed by atoms with Crippen molar-refractivity contribution in [2.24, 2.45) is 4.99 Å². The Balaban J connectivity index is 1.72. The van der Waals surface area contributed by atoms with Crippen molar-refractivity contribution in [3.8, 4) is 0 Å². The van der Waals surface area contributed by atoms with E-state index in [1.165, 1.54) is 18.9 Å². The van der Waals surface area contributed by atoms with Crippen LogP contribution < -0.4 is 5.32 Å². The molecule has 7 heteroatoms. The topological polar surface area (TPSA) is 71.0 Å². The Morgan fingerprint density at radius 2 is 2.11 bits per heavy atom. The van der Waals surface area contributed by atoms with E-state index in [0.717, 1.165) is 34.8 Å². The summed E-state index contributed by atoms with van der Waals surface area (Å²) >= 11 is 1.49. The van der Waals surface area contributed by atoms with E-state index in [1.54, 1.807) is 0 Å². The van der Waals surface area contributed by atoms with Gasteiger partial charge in [-0.2, -0.15) is 0 Å². The molecule has 0 aromatic heterocycles. The third-order valence-corrected chi connectivity index (χ3v) is 5.94. The summed E-state index contributed by atoms with van der Waals surface area (Å²) in [6.07, 6.45) is 2.37. The van der Waals surface area contributed by atoms with Gasteiger partial charge >= 0.3 is 5.97 Å². The molecule has 3 aliphatic rings. The molecule has 4 rings (SSSR count). The van der Waals surface area contributed by atoms with E-state index in [-0.39, 0.29) is 18.4 Å². The van der Waals surface area contributed by atoms with Crippen molar-refractivity contribution >= 4 is 28.8 Å². The molecule has 1 amide bonds. The van der Waals surface area contributed by atoms with Crippen LogP contribution in [0.2, 0.25) is 0 Å². The number of amides is 1. The lowest BCUT2D eigenvalue weighted by Crippen LogP contribution is -2.38. The molecule has 0 saturated heterocycles. The maximum Gasteiger partial charge on any atom is 0.338 e. The van der Waals surface area contributed by atoms with E-state index < -0.39 is 5.97 Å². The second-order valence-corrected chi connectivity index (χ2v) is 8.15. The molecule has 1 atom stereocenters. The highest BCUT2D eigenvalue weighted by Crippen LogP contribution is 2.44. The fraction of sp³-hybridized carbons (Fsp3) is 0.381. The summed E-state index contributed by atoms with van der Waals surface area (Å²) in [6.45, 7) is 3.85. The SMILES string of the molecule is COC(=O)C1=C(C)N=C2SC=C(CC(=O)NC3CC3)N2C1c1cccc(C)c1. The lowest BCUT2D eigenvalue weighted by Gasteiger charge is -2.36. The first-order valence-electron chi connectivity index (χ1n) is 9.36. The van der Waals surface area contributed by atoms with Crippen LogP contribution in [0.1, 0.15) is 43.4 Å². The molecule has 0 radical (unpaired) electrons. The molecule has 1 aromatic rings. The van der Waals surface area contributed by atoms with Crippen LogP contribution in [0.4, 0.5) is 0 Å². The smallest absolute Gasteiger partial charge is 0.338 e. The zero-order valence-corrected chi connectivity index (χ0v) is 17.0. The van der Waals surface area contributed by atoms with Crippen LogP contribution in [0.5, 0.6) is 0 Å². The van der Waals surface area contributed by atoms with Crippen LogP contribution >= 0.6 is 11.8 Å². The normalized spacial score (nSPS) is 21.1. The largest absolute Gasteiger partial charge is 0.466 e. The van der Waals surface area contributed by atoms with E-state index in [9.17, 15) is 9.59 Å². The van der Waals surface area contributed by atoms with E-state index in [0.29, 0.717) is 17.3 Å². The Bertz CT molecular complexity index is 931. The Morgan fingerprint density at radius 3 is 2.79 bits per heavy atom. The minimum absolute atomic E-state index is 0.00415. The van der Waals surface area contributed by atoms with Crippen molar-refractivity contribution in [3.05, 3.63) is 57.8 Å². The molecule has 28 heavy (non-hydrogen) atoms. The Kier molecular flexibility index (Phi) is 5.02. The molecule has 0 spiro atoms. The minimum Gasteiger partial charge on any atom is -0.466 e. The van der Waals surface area contributed by atoms with E-state index in [1.807, 2.05) is 42.4 Å². The van der Waals surface area contributed by atoms with Crippen LogP contribution in [-0.4, -0.2) is 35.1 Å². The lowest BCUT2D eigenvalue weighted by atomic mass is 9.93. The highest BCUT2D eigenvalue weighted by atomic mass is 32.2. The highest BCUT2D eigenvalue weighted by molar-refractivity contribution is 8.16. The van der Waals surface area contributed by atoms with Crippen molar-refractivity contribution in [2.75, 3.05) is 7.11 Å². The zero-order valence-electron chi connectivity index (χ0n) is 16.2. The van der Waals surface area contributed by atoms with E-state index in [4.69, 9.17) is 4.74 Å². The average Bonchev–Trinajstić information content (AvgIpc) is 3.39. The lowest BCUT2D eigenvalue weighted by molar-refractivity contribution is -0.136. The van der Waals surface area contributed by atoms with Gasteiger partial charge in [0.15, 0.2) is 5.17 Å². The number of benzene rings is 1. The maximum absolute atomic E-state index is 12.6. The summed E-state index contributed by atoms with van der Waals surface area (Å²) in [4.78, 5) is 31.7.